The van der Waals surface area contributed by atoms with Gasteiger partial charge in [0, 0.05) is 12.6 Å². The molecule has 26 heavy (non-hydrogen) atoms. The summed E-state index contributed by atoms with van der Waals surface area (Å²) in [5.41, 5.74) is 1.08. The molecule has 0 N–H and O–H groups in total. The number of nitrogens with zero attached hydrogens (tertiary/aromatic N) is 2. The van der Waals surface area contributed by atoms with Crippen molar-refractivity contribution in [3.63, 3.8) is 0 Å². The number of rotatable bonds is 7. The van der Waals surface area contributed by atoms with Crippen molar-refractivity contribution in [2.45, 2.75) is 26.4 Å². The first-order chi connectivity index (χ1) is 12.2. The Morgan fingerprint density at radius 2 is 1.73 bits per heavy atom. The van der Waals surface area contributed by atoms with Crippen LogP contribution in [0.2, 0.25) is 0 Å². The third-order valence-electron chi connectivity index (χ3n) is 3.91. The minimum atomic E-state index is -3.74. The molecule has 0 saturated heterocycles. The Labute approximate surface area is 154 Å². The highest BCUT2D eigenvalue weighted by Crippen LogP contribution is 2.19. The van der Waals surface area contributed by atoms with Crippen molar-refractivity contribution in [1.29, 1.82) is 0 Å². The smallest absolute Gasteiger partial charge is 0.243 e. The molecule has 5 nitrogen and oxygen atoms in total. The van der Waals surface area contributed by atoms with Crippen LogP contribution in [0.4, 0.5) is 10.1 Å². The van der Waals surface area contributed by atoms with E-state index in [0.717, 1.165) is 22.2 Å². The molecule has 0 aliphatic carbocycles. The molecule has 0 heterocycles. The fourth-order valence-corrected chi connectivity index (χ4v) is 3.43. The second-order valence-electron chi connectivity index (χ2n) is 6.35. The Morgan fingerprint density at radius 3 is 2.27 bits per heavy atom. The van der Waals surface area contributed by atoms with E-state index >= 15 is 0 Å². The van der Waals surface area contributed by atoms with Crippen LogP contribution in [0.3, 0.4) is 0 Å². The maximum Gasteiger partial charge on any atom is 0.243 e. The van der Waals surface area contributed by atoms with E-state index in [1.165, 1.54) is 18.2 Å². The monoisotopic (exact) mass is 378 g/mol. The van der Waals surface area contributed by atoms with Gasteiger partial charge < -0.3 is 4.90 Å². The van der Waals surface area contributed by atoms with Crippen LogP contribution in [0, 0.1) is 5.82 Å². The van der Waals surface area contributed by atoms with Crippen LogP contribution >= 0.6 is 0 Å². The van der Waals surface area contributed by atoms with Crippen molar-refractivity contribution in [3.05, 3.63) is 66.0 Å². The molecule has 0 aliphatic rings. The number of carbonyl (C=O) groups excluding carboxylic acids is 1. The zero-order chi connectivity index (χ0) is 19.3. The number of amides is 1. The maximum atomic E-state index is 13.5. The summed E-state index contributed by atoms with van der Waals surface area (Å²) in [4.78, 5) is 14.4. The zero-order valence-electron chi connectivity index (χ0n) is 15.1. The molecule has 0 saturated carbocycles. The van der Waals surface area contributed by atoms with Gasteiger partial charge in [0.25, 0.3) is 0 Å². The van der Waals surface area contributed by atoms with Gasteiger partial charge in [0.1, 0.15) is 12.4 Å². The number of hydrogen-bond acceptors (Lipinski definition) is 3. The fourth-order valence-electron chi connectivity index (χ4n) is 2.58. The SMILES string of the molecule is CC(C)N(Cc1ccccc1)C(=O)CN(c1cccc(F)c1)S(C)(=O)=O. The Hall–Kier alpha value is -2.41. The summed E-state index contributed by atoms with van der Waals surface area (Å²) >= 11 is 0. The molecule has 0 unspecified atom stereocenters. The summed E-state index contributed by atoms with van der Waals surface area (Å²) in [6.45, 7) is 3.73. The summed E-state index contributed by atoms with van der Waals surface area (Å²) in [6, 6.07) is 14.6. The van der Waals surface area contributed by atoms with Crippen molar-refractivity contribution in [2.24, 2.45) is 0 Å². The molecule has 1 amide bonds. The van der Waals surface area contributed by atoms with E-state index in [4.69, 9.17) is 0 Å². The van der Waals surface area contributed by atoms with Crippen molar-refractivity contribution in [2.75, 3.05) is 17.1 Å². The van der Waals surface area contributed by atoms with E-state index in [1.54, 1.807) is 4.90 Å². The Kier molecular flexibility index (Phi) is 6.37. The van der Waals surface area contributed by atoms with Crippen LogP contribution in [0.25, 0.3) is 0 Å². The fraction of sp³-hybridized carbons (Fsp3) is 0.316. The normalized spacial score (nSPS) is 11.4. The van der Waals surface area contributed by atoms with Crippen LogP contribution in [-0.2, 0) is 21.4 Å². The van der Waals surface area contributed by atoms with Gasteiger partial charge in [-0.05, 0) is 37.6 Å². The molecule has 2 aromatic rings. The highest BCUT2D eigenvalue weighted by Gasteiger charge is 2.25. The number of sulfonamides is 1. The van der Waals surface area contributed by atoms with Crippen LogP contribution in [0.15, 0.2) is 54.6 Å². The lowest BCUT2D eigenvalue weighted by Gasteiger charge is -2.30. The van der Waals surface area contributed by atoms with Crippen LogP contribution < -0.4 is 4.31 Å². The highest BCUT2D eigenvalue weighted by atomic mass is 32.2. The molecule has 0 fully saturated rings. The van der Waals surface area contributed by atoms with Gasteiger partial charge in [0.2, 0.25) is 15.9 Å². The topological polar surface area (TPSA) is 57.7 Å². The second-order valence-corrected chi connectivity index (χ2v) is 8.26. The van der Waals surface area contributed by atoms with Gasteiger partial charge in [0.15, 0.2) is 0 Å². The van der Waals surface area contributed by atoms with Gasteiger partial charge >= 0.3 is 0 Å². The third-order valence-corrected chi connectivity index (χ3v) is 5.06. The summed E-state index contributed by atoms with van der Waals surface area (Å²) in [6.07, 6.45) is 1.00. The van der Waals surface area contributed by atoms with E-state index in [2.05, 4.69) is 0 Å². The minimum Gasteiger partial charge on any atom is -0.334 e. The van der Waals surface area contributed by atoms with Crippen LogP contribution in [0.1, 0.15) is 19.4 Å². The average molecular weight is 378 g/mol. The summed E-state index contributed by atoms with van der Waals surface area (Å²) in [5.74, 6) is -0.910. The van der Waals surface area contributed by atoms with Gasteiger partial charge in [-0.15, -0.1) is 0 Å². The van der Waals surface area contributed by atoms with Gasteiger partial charge in [-0.2, -0.15) is 0 Å². The van der Waals surface area contributed by atoms with E-state index in [1.807, 2.05) is 44.2 Å². The Morgan fingerprint density at radius 1 is 1.08 bits per heavy atom. The Balaban J connectivity index is 2.26. The predicted molar refractivity (Wildman–Crippen MR) is 101 cm³/mol. The lowest BCUT2D eigenvalue weighted by molar-refractivity contribution is -0.131. The molecular weight excluding hydrogens is 355 g/mol. The predicted octanol–water partition coefficient (Wildman–Crippen LogP) is 3.03. The average Bonchev–Trinajstić information content (AvgIpc) is 2.57. The number of halogens is 1. The first-order valence-electron chi connectivity index (χ1n) is 8.25. The first kappa shape index (κ1) is 19.9. The van der Waals surface area contributed by atoms with Gasteiger partial charge in [0.05, 0.1) is 11.9 Å². The number of carbonyl (C=O) groups is 1. The van der Waals surface area contributed by atoms with Gasteiger partial charge in [-0.1, -0.05) is 36.4 Å². The largest absolute Gasteiger partial charge is 0.334 e. The molecule has 140 valence electrons. The Bertz CT molecular complexity index is 854. The summed E-state index contributed by atoms with van der Waals surface area (Å²) in [7, 11) is -3.74. The standard InChI is InChI=1S/C19H23FN2O3S/c1-15(2)21(13-16-8-5-4-6-9-16)19(23)14-22(26(3,24)25)18-11-7-10-17(20)12-18/h4-12,15H,13-14H2,1-3H3. The summed E-state index contributed by atoms with van der Waals surface area (Å²) in [5, 5.41) is 0. The second kappa shape index (κ2) is 8.31. The highest BCUT2D eigenvalue weighted by molar-refractivity contribution is 7.92. The van der Waals surface area contributed by atoms with Crippen molar-refractivity contribution < 1.29 is 17.6 Å². The zero-order valence-corrected chi connectivity index (χ0v) is 15.9. The molecule has 2 rings (SSSR count). The molecular formula is C19H23FN2O3S. The lowest BCUT2D eigenvalue weighted by atomic mass is 10.2. The molecule has 0 radical (unpaired) electrons. The van der Waals surface area contributed by atoms with E-state index < -0.39 is 15.8 Å². The number of hydrogen-bond donors (Lipinski definition) is 0. The van der Waals surface area contributed by atoms with E-state index in [-0.39, 0.29) is 24.2 Å². The van der Waals surface area contributed by atoms with Crippen molar-refractivity contribution in [3.8, 4) is 0 Å². The molecule has 2 aromatic carbocycles. The number of anilines is 1. The first-order valence-corrected chi connectivity index (χ1v) is 10.1. The quantitative estimate of drug-likeness (QED) is 0.744. The maximum absolute atomic E-state index is 13.5. The van der Waals surface area contributed by atoms with E-state index in [0.29, 0.717) is 6.54 Å². The van der Waals surface area contributed by atoms with E-state index in [9.17, 15) is 17.6 Å². The minimum absolute atomic E-state index is 0.114. The molecule has 0 aliphatic heterocycles. The third kappa shape index (κ3) is 5.29. The van der Waals surface area contributed by atoms with Crippen molar-refractivity contribution >= 4 is 21.6 Å². The van der Waals surface area contributed by atoms with Crippen LogP contribution in [-0.4, -0.2) is 38.1 Å². The lowest BCUT2D eigenvalue weighted by Crippen LogP contribution is -2.45. The number of benzene rings is 2. The molecule has 0 atom stereocenters. The van der Waals surface area contributed by atoms with Crippen molar-refractivity contribution in [1.82, 2.24) is 4.90 Å². The molecule has 0 spiro atoms. The molecule has 7 heteroatoms. The molecule has 0 bridgehead atoms. The van der Waals surface area contributed by atoms with Crippen LogP contribution in [0.5, 0.6) is 0 Å². The van der Waals surface area contributed by atoms with Gasteiger partial charge in [-0.25, -0.2) is 12.8 Å². The van der Waals surface area contributed by atoms with Gasteiger partial charge in [-0.3, -0.25) is 9.10 Å². The molecule has 0 aromatic heterocycles. The summed E-state index contributed by atoms with van der Waals surface area (Å²) < 4.78 is 38.8.